The van der Waals surface area contributed by atoms with E-state index in [-0.39, 0.29) is 11.9 Å². The minimum Gasteiger partial charge on any atom is -0.481 e. The first-order valence-electron chi connectivity index (χ1n) is 8.69. The summed E-state index contributed by atoms with van der Waals surface area (Å²) in [6.07, 6.45) is 6.31. The van der Waals surface area contributed by atoms with E-state index in [1.54, 1.807) is 4.90 Å². The van der Waals surface area contributed by atoms with Crippen molar-refractivity contribution in [2.24, 2.45) is 17.8 Å². The van der Waals surface area contributed by atoms with E-state index in [2.05, 4.69) is 5.32 Å². The Bertz CT molecular complexity index is 391. The van der Waals surface area contributed by atoms with Crippen molar-refractivity contribution in [2.75, 3.05) is 19.6 Å². The summed E-state index contributed by atoms with van der Waals surface area (Å²) in [5.41, 5.74) is 0. The van der Waals surface area contributed by atoms with Gasteiger partial charge in [-0.2, -0.15) is 0 Å². The molecular weight excluding hydrogens is 280 g/mol. The molecule has 1 saturated heterocycles. The molecule has 1 aliphatic heterocycles. The normalized spacial score (nSPS) is 26.6. The quantitative estimate of drug-likeness (QED) is 0.788. The number of nitrogens with zero attached hydrogens (tertiary/aromatic N) is 1. The van der Waals surface area contributed by atoms with Crippen LogP contribution < -0.4 is 5.32 Å². The maximum absolute atomic E-state index is 12.3. The molecule has 2 atom stereocenters. The first kappa shape index (κ1) is 17.3. The average molecular weight is 310 g/mol. The molecule has 0 aromatic heterocycles. The van der Waals surface area contributed by atoms with Gasteiger partial charge >= 0.3 is 5.97 Å². The van der Waals surface area contributed by atoms with Crippen molar-refractivity contribution in [3.05, 3.63) is 0 Å². The number of carboxylic acid groups (broad SMARTS) is 1. The Morgan fingerprint density at radius 1 is 1.23 bits per heavy atom. The number of hydrogen-bond acceptors (Lipinski definition) is 3. The predicted octanol–water partition coefficient (Wildman–Crippen LogP) is 2.11. The number of amides is 1. The maximum atomic E-state index is 12.3. The van der Waals surface area contributed by atoms with E-state index in [0.29, 0.717) is 31.8 Å². The summed E-state index contributed by atoms with van der Waals surface area (Å²) in [6, 6.07) is 0.117. The second kappa shape index (κ2) is 7.95. The molecule has 1 heterocycles. The Hall–Kier alpha value is -1.10. The molecule has 1 aliphatic carbocycles. The van der Waals surface area contributed by atoms with E-state index >= 15 is 0 Å². The standard InChI is InChI=1S/C17H30N2O3/c1-12(2)7-16(20)19-10-14(17(21)22)8-15(11-19)18-9-13-5-3-4-6-13/h12-15,18H,3-11H2,1-2H3,(H,21,22). The highest BCUT2D eigenvalue weighted by atomic mass is 16.4. The van der Waals surface area contributed by atoms with E-state index in [0.717, 1.165) is 12.5 Å². The number of rotatable bonds is 6. The van der Waals surface area contributed by atoms with Crippen molar-refractivity contribution in [3.8, 4) is 0 Å². The largest absolute Gasteiger partial charge is 0.481 e. The van der Waals surface area contributed by atoms with Crippen LogP contribution in [0.1, 0.15) is 52.4 Å². The molecule has 2 fully saturated rings. The summed E-state index contributed by atoms with van der Waals surface area (Å²) >= 11 is 0. The number of carbonyl (C=O) groups excluding carboxylic acids is 1. The number of carbonyl (C=O) groups is 2. The zero-order valence-electron chi connectivity index (χ0n) is 13.9. The minimum absolute atomic E-state index is 0.0913. The zero-order valence-corrected chi connectivity index (χ0v) is 13.9. The van der Waals surface area contributed by atoms with Crippen LogP contribution in [0, 0.1) is 17.8 Å². The van der Waals surface area contributed by atoms with Crippen molar-refractivity contribution in [1.82, 2.24) is 10.2 Å². The fourth-order valence-electron chi connectivity index (χ4n) is 3.66. The topological polar surface area (TPSA) is 69.6 Å². The Kier molecular flexibility index (Phi) is 6.24. The number of likely N-dealkylation sites (tertiary alicyclic amines) is 1. The maximum Gasteiger partial charge on any atom is 0.308 e. The molecule has 0 bridgehead atoms. The molecule has 22 heavy (non-hydrogen) atoms. The fourth-order valence-corrected chi connectivity index (χ4v) is 3.66. The van der Waals surface area contributed by atoms with Gasteiger partial charge in [-0.3, -0.25) is 9.59 Å². The summed E-state index contributed by atoms with van der Waals surface area (Å²) in [7, 11) is 0. The van der Waals surface area contributed by atoms with Gasteiger partial charge in [0.05, 0.1) is 5.92 Å². The van der Waals surface area contributed by atoms with E-state index < -0.39 is 11.9 Å². The van der Waals surface area contributed by atoms with Crippen LogP contribution >= 0.6 is 0 Å². The Morgan fingerprint density at radius 3 is 2.50 bits per heavy atom. The van der Waals surface area contributed by atoms with Gasteiger partial charge in [0.2, 0.25) is 5.91 Å². The van der Waals surface area contributed by atoms with Crippen molar-refractivity contribution in [2.45, 2.75) is 58.4 Å². The third-order valence-electron chi connectivity index (χ3n) is 4.91. The molecule has 0 aromatic carbocycles. The smallest absolute Gasteiger partial charge is 0.308 e. The van der Waals surface area contributed by atoms with Crippen LogP contribution in [0.25, 0.3) is 0 Å². The molecule has 126 valence electrons. The highest BCUT2D eigenvalue weighted by molar-refractivity contribution is 5.78. The second-order valence-electron chi connectivity index (χ2n) is 7.42. The van der Waals surface area contributed by atoms with Crippen molar-refractivity contribution in [3.63, 3.8) is 0 Å². The van der Waals surface area contributed by atoms with Crippen LogP contribution in [-0.4, -0.2) is 47.6 Å². The molecule has 1 amide bonds. The summed E-state index contributed by atoms with van der Waals surface area (Å²) < 4.78 is 0. The van der Waals surface area contributed by atoms with Gasteiger partial charge in [-0.15, -0.1) is 0 Å². The molecule has 2 aliphatic rings. The molecule has 2 unspecified atom stereocenters. The SMILES string of the molecule is CC(C)CC(=O)N1CC(NCC2CCCC2)CC(C(=O)O)C1. The second-order valence-corrected chi connectivity index (χ2v) is 7.42. The predicted molar refractivity (Wildman–Crippen MR) is 85.5 cm³/mol. The lowest BCUT2D eigenvalue weighted by atomic mass is 9.93. The van der Waals surface area contributed by atoms with Crippen LogP contribution in [0.2, 0.25) is 0 Å². The third kappa shape index (κ3) is 4.97. The van der Waals surface area contributed by atoms with Crippen LogP contribution in [-0.2, 0) is 9.59 Å². The van der Waals surface area contributed by atoms with Gasteiger partial charge in [-0.1, -0.05) is 26.7 Å². The summed E-state index contributed by atoms with van der Waals surface area (Å²) in [4.78, 5) is 25.4. The van der Waals surface area contributed by atoms with E-state index in [9.17, 15) is 14.7 Å². The monoisotopic (exact) mass is 310 g/mol. The number of aliphatic carboxylic acids is 1. The minimum atomic E-state index is -0.783. The van der Waals surface area contributed by atoms with E-state index in [4.69, 9.17) is 0 Å². The van der Waals surface area contributed by atoms with Gasteiger partial charge in [0.15, 0.2) is 0 Å². The highest BCUT2D eigenvalue weighted by Crippen LogP contribution is 2.25. The zero-order chi connectivity index (χ0) is 16.1. The average Bonchev–Trinajstić information content (AvgIpc) is 2.97. The van der Waals surface area contributed by atoms with Gasteiger partial charge in [-0.25, -0.2) is 0 Å². The molecule has 0 spiro atoms. The Balaban J connectivity index is 1.90. The van der Waals surface area contributed by atoms with Gasteiger partial charge in [0, 0.05) is 25.6 Å². The lowest BCUT2D eigenvalue weighted by Crippen LogP contribution is -2.53. The fraction of sp³-hybridized carbons (Fsp3) is 0.882. The molecule has 1 saturated carbocycles. The van der Waals surface area contributed by atoms with Crippen LogP contribution in [0.4, 0.5) is 0 Å². The van der Waals surface area contributed by atoms with Crippen molar-refractivity contribution >= 4 is 11.9 Å². The van der Waals surface area contributed by atoms with Gasteiger partial charge in [0.25, 0.3) is 0 Å². The summed E-state index contributed by atoms with van der Waals surface area (Å²) in [5, 5.41) is 12.9. The Labute approximate surface area is 133 Å². The van der Waals surface area contributed by atoms with Crippen molar-refractivity contribution in [1.29, 1.82) is 0 Å². The summed E-state index contributed by atoms with van der Waals surface area (Å²) in [6.45, 7) is 6.02. The van der Waals surface area contributed by atoms with Crippen LogP contribution in [0.3, 0.4) is 0 Å². The molecule has 0 radical (unpaired) electrons. The molecule has 5 heteroatoms. The number of nitrogens with one attached hydrogen (secondary N) is 1. The molecular formula is C17H30N2O3. The number of piperidine rings is 1. The molecule has 2 rings (SSSR count). The van der Waals surface area contributed by atoms with Crippen LogP contribution in [0.5, 0.6) is 0 Å². The van der Waals surface area contributed by atoms with Crippen molar-refractivity contribution < 1.29 is 14.7 Å². The van der Waals surface area contributed by atoms with Crippen LogP contribution in [0.15, 0.2) is 0 Å². The highest BCUT2D eigenvalue weighted by Gasteiger charge is 2.34. The van der Waals surface area contributed by atoms with Gasteiger partial charge < -0.3 is 15.3 Å². The summed E-state index contributed by atoms with van der Waals surface area (Å²) in [5.74, 6) is -0.0955. The number of hydrogen-bond donors (Lipinski definition) is 2. The Morgan fingerprint density at radius 2 is 1.91 bits per heavy atom. The first-order chi connectivity index (χ1) is 10.5. The molecule has 2 N–H and O–H groups in total. The lowest BCUT2D eigenvalue weighted by Gasteiger charge is -2.37. The lowest BCUT2D eigenvalue weighted by molar-refractivity contribution is -0.146. The van der Waals surface area contributed by atoms with E-state index in [1.165, 1.54) is 25.7 Å². The van der Waals surface area contributed by atoms with Gasteiger partial charge in [0.1, 0.15) is 0 Å². The molecule has 0 aromatic rings. The number of carboxylic acids is 1. The first-order valence-corrected chi connectivity index (χ1v) is 8.69. The molecule has 5 nitrogen and oxygen atoms in total. The van der Waals surface area contributed by atoms with Gasteiger partial charge in [-0.05, 0) is 37.6 Å². The van der Waals surface area contributed by atoms with E-state index in [1.807, 2.05) is 13.8 Å². The third-order valence-corrected chi connectivity index (χ3v) is 4.91.